The lowest BCUT2D eigenvalue weighted by Gasteiger charge is -2.06. The molecule has 0 fully saturated rings. The van der Waals surface area contributed by atoms with Crippen molar-refractivity contribution in [2.45, 2.75) is 6.92 Å². The molecule has 0 unspecified atom stereocenters. The van der Waals surface area contributed by atoms with Gasteiger partial charge in [0.1, 0.15) is 0 Å². The lowest BCUT2D eigenvalue weighted by Crippen LogP contribution is -2.38. The summed E-state index contributed by atoms with van der Waals surface area (Å²) in [5, 5.41) is 7.99. The van der Waals surface area contributed by atoms with Gasteiger partial charge in [-0.05, 0) is 6.92 Å². The Morgan fingerprint density at radius 2 is 1.62 bits per heavy atom. The number of benzene rings is 1. The summed E-state index contributed by atoms with van der Waals surface area (Å²) in [4.78, 5) is 28.3. The van der Waals surface area contributed by atoms with Crippen LogP contribution in [0.4, 0.5) is 0 Å². The molecule has 0 aliphatic heterocycles. The maximum atomic E-state index is 12.2. The van der Waals surface area contributed by atoms with Crippen molar-refractivity contribution in [1.82, 2.24) is 24.3 Å². The lowest BCUT2D eigenvalue weighted by atomic mass is 10.1. The van der Waals surface area contributed by atoms with Gasteiger partial charge in [0.15, 0.2) is 17.0 Å². The van der Waals surface area contributed by atoms with Crippen molar-refractivity contribution in [2.24, 2.45) is 14.1 Å². The smallest absolute Gasteiger partial charge is 0.278 e. The predicted molar refractivity (Wildman–Crippen MR) is 78.0 cm³/mol. The van der Waals surface area contributed by atoms with Gasteiger partial charge in [-0.15, -0.1) is 10.2 Å². The molecule has 0 aliphatic carbocycles. The average Bonchev–Trinajstić information content (AvgIpc) is 2.51. The van der Waals surface area contributed by atoms with Gasteiger partial charge in [-0.1, -0.05) is 29.8 Å². The highest BCUT2D eigenvalue weighted by atomic mass is 16.2. The number of fused-ring (bicyclic) bond motifs is 1. The summed E-state index contributed by atoms with van der Waals surface area (Å²) in [6.07, 6.45) is 0. The van der Waals surface area contributed by atoms with E-state index in [0.29, 0.717) is 5.82 Å². The molecule has 0 N–H and O–H groups in total. The monoisotopic (exact) mass is 283 g/mol. The van der Waals surface area contributed by atoms with E-state index in [2.05, 4.69) is 15.2 Å². The second-order valence-electron chi connectivity index (χ2n) is 4.88. The molecule has 106 valence electrons. The minimum Gasteiger partial charge on any atom is -0.278 e. The maximum absolute atomic E-state index is 12.2. The van der Waals surface area contributed by atoms with Crippen LogP contribution < -0.4 is 11.2 Å². The summed E-state index contributed by atoms with van der Waals surface area (Å²) < 4.78 is 2.27. The first-order chi connectivity index (χ1) is 9.99. The van der Waals surface area contributed by atoms with Gasteiger partial charge < -0.3 is 0 Å². The lowest BCUT2D eigenvalue weighted by molar-refractivity contribution is 0.698. The van der Waals surface area contributed by atoms with Gasteiger partial charge in [0.25, 0.3) is 5.56 Å². The van der Waals surface area contributed by atoms with Crippen molar-refractivity contribution in [1.29, 1.82) is 0 Å². The highest BCUT2D eigenvalue weighted by Crippen LogP contribution is 2.15. The standard InChI is InChI=1S/C14H13N5O2/c1-8-4-6-9(7-5-8)11-15-10-12(17-16-11)18(2)14(21)19(3)13(10)20/h4-7H,1-3H3. The summed E-state index contributed by atoms with van der Waals surface area (Å²) in [5.74, 6) is 0.359. The Morgan fingerprint density at radius 3 is 2.29 bits per heavy atom. The Hall–Kier alpha value is -2.83. The fourth-order valence-corrected chi connectivity index (χ4v) is 2.08. The van der Waals surface area contributed by atoms with E-state index in [1.54, 1.807) is 0 Å². The molecule has 2 aromatic heterocycles. The second-order valence-corrected chi connectivity index (χ2v) is 4.88. The van der Waals surface area contributed by atoms with Crippen LogP contribution in [0, 0.1) is 6.92 Å². The first-order valence-electron chi connectivity index (χ1n) is 6.36. The highest BCUT2D eigenvalue weighted by Gasteiger charge is 2.13. The molecule has 21 heavy (non-hydrogen) atoms. The highest BCUT2D eigenvalue weighted by molar-refractivity contribution is 5.71. The molecular weight excluding hydrogens is 270 g/mol. The van der Waals surface area contributed by atoms with Gasteiger partial charge in [-0.25, -0.2) is 9.78 Å². The number of hydrogen-bond acceptors (Lipinski definition) is 5. The fourth-order valence-electron chi connectivity index (χ4n) is 2.08. The van der Waals surface area contributed by atoms with Gasteiger partial charge in [-0.2, -0.15) is 0 Å². The Balaban J connectivity index is 2.33. The first kappa shape index (κ1) is 13.2. The minimum absolute atomic E-state index is 0.130. The largest absolute Gasteiger partial charge is 0.332 e. The zero-order chi connectivity index (χ0) is 15.1. The Labute approximate surface area is 119 Å². The molecular formula is C14H13N5O2. The third-order valence-electron chi connectivity index (χ3n) is 3.38. The summed E-state index contributed by atoms with van der Waals surface area (Å²) in [6, 6.07) is 7.60. The van der Waals surface area contributed by atoms with E-state index < -0.39 is 11.2 Å². The van der Waals surface area contributed by atoms with Crippen LogP contribution in [0.2, 0.25) is 0 Å². The van der Waals surface area contributed by atoms with Crippen molar-refractivity contribution in [2.75, 3.05) is 0 Å². The number of aryl methyl sites for hydroxylation is 2. The summed E-state index contributed by atoms with van der Waals surface area (Å²) in [6.45, 7) is 1.98. The third-order valence-corrected chi connectivity index (χ3v) is 3.38. The van der Waals surface area contributed by atoms with E-state index in [1.165, 1.54) is 18.7 Å². The number of hydrogen-bond donors (Lipinski definition) is 0. The number of aromatic nitrogens is 5. The molecule has 7 heteroatoms. The average molecular weight is 283 g/mol. The van der Waals surface area contributed by atoms with E-state index in [9.17, 15) is 9.59 Å². The molecule has 7 nitrogen and oxygen atoms in total. The molecule has 0 amide bonds. The van der Waals surface area contributed by atoms with Crippen LogP contribution in [0.5, 0.6) is 0 Å². The normalized spacial score (nSPS) is 11.0. The van der Waals surface area contributed by atoms with Crippen molar-refractivity contribution in [3.8, 4) is 11.4 Å². The van der Waals surface area contributed by atoms with E-state index in [4.69, 9.17) is 0 Å². The summed E-state index contributed by atoms with van der Waals surface area (Å²) >= 11 is 0. The Morgan fingerprint density at radius 1 is 0.952 bits per heavy atom. The predicted octanol–water partition coefficient (Wildman–Crippen LogP) is 0.398. The molecule has 0 bridgehead atoms. The van der Waals surface area contributed by atoms with E-state index in [1.807, 2.05) is 31.2 Å². The molecule has 0 atom stereocenters. The van der Waals surface area contributed by atoms with Gasteiger partial charge in [0.2, 0.25) is 0 Å². The van der Waals surface area contributed by atoms with Gasteiger partial charge in [0, 0.05) is 19.7 Å². The first-order valence-corrected chi connectivity index (χ1v) is 6.36. The zero-order valence-corrected chi connectivity index (χ0v) is 11.9. The fraction of sp³-hybridized carbons (Fsp3) is 0.214. The minimum atomic E-state index is -0.476. The quantitative estimate of drug-likeness (QED) is 0.645. The molecule has 1 aromatic carbocycles. The molecule has 2 heterocycles. The van der Waals surface area contributed by atoms with Crippen molar-refractivity contribution in [3.63, 3.8) is 0 Å². The molecule has 0 saturated carbocycles. The molecule has 0 spiro atoms. The second kappa shape index (κ2) is 4.62. The Bertz CT molecular complexity index is 954. The van der Waals surface area contributed by atoms with Crippen molar-refractivity contribution >= 4 is 11.2 Å². The van der Waals surface area contributed by atoms with E-state index in [-0.39, 0.29) is 11.2 Å². The number of nitrogens with zero attached hydrogens (tertiary/aromatic N) is 5. The topological polar surface area (TPSA) is 82.7 Å². The summed E-state index contributed by atoms with van der Waals surface area (Å²) in [5.41, 5.74) is 1.27. The van der Waals surface area contributed by atoms with Gasteiger partial charge in [-0.3, -0.25) is 13.9 Å². The van der Waals surface area contributed by atoms with Crippen LogP contribution >= 0.6 is 0 Å². The zero-order valence-electron chi connectivity index (χ0n) is 11.9. The van der Waals surface area contributed by atoms with Crippen molar-refractivity contribution in [3.05, 3.63) is 50.7 Å². The van der Waals surface area contributed by atoms with Crippen LogP contribution in [-0.4, -0.2) is 24.3 Å². The SMILES string of the molecule is Cc1ccc(-c2nnc3c(n2)c(=O)n(C)c(=O)n3C)cc1. The van der Waals surface area contributed by atoms with E-state index >= 15 is 0 Å². The Kier molecular flexibility index (Phi) is 2.90. The summed E-state index contributed by atoms with van der Waals surface area (Å²) in [7, 11) is 2.95. The van der Waals surface area contributed by atoms with Crippen LogP contribution in [0.25, 0.3) is 22.6 Å². The molecule has 3 aromatic rings. The van der Waals surface area contributed by atoms with Crippen LogP contribution in [0.15, 0.2) is 33.9 Å². The molecule has 0 radical (unpaired) electrons. The molecule has 0 aliphatic rings. The van der Waals surface area contributed by atoms with Gasteiger partial charge >= 0.3 is 5.69 Å². The van der Waals surface area contributed by atoms with Crippen LogP contribution in [0.3, 0.4) is 0 Å². The molecule has 0 saturated heterocycles. The van der Waals surface area contributed by atoms with Gasteiger partial charge in [0.05, 0.1) is 0 Å². The molecule has 3 rings (SSSR count). The van der Waals surface area contributed by atoms with Crippen LogP contribution in [0.1, 0.15) is 5.56 Å². The number of rotatable bonds is 1. The van der Waals surface area contributed by atoms with Crippen LogP contribution in [-0.2, 0) is 14.1 Å². The maximum Gasteiger partial charge on any atom is 0.332 e. The third kappa shape index (κ3) is 2.03. The van der Waals surface area contributed by atoms with E-state index in [0.717, 1.165) is 15.7 Å². The van der Waals surface area contributed by atoms with Crippen molar-refractivity contribution < 1.29 is 0 Å².